The topological polar surface area (TPSA) is 83.9 Å². The van der Waals surface area contributed by atoms with Crippen LogP contribution in [0.2, 0.25) is 0 Å². The van der Waals surface area contributed by atoms with E-state index in [1.165, 1.54) is 0 Å². The number of ether oxygens (including phenoxy) is 1. The van der Waals surface area contributed by atoms with Gasteiger partial charge in [-0.2, -0.15) is 17.5 Å². The molecule has 2 heterocycles. The van der Waals surface area contributed by atoms with Gasteiger partial charge in [0.15, 0.2) is 0 Å². The monoisotopic (exact) mass is 411 g/mol. The van der Waals surface area contributed by atoms with E-state index in [2.05, 4.69) is 0 Å². The smallest absolute Gasteiger partial charge is 0.456 e. The van der Waals surface area contributed by atoms with Gasteiger partial charge in [-0.15, -0.1) is 0 Å². The fraction of sp³-hybridized carbons (Fsp3) is 0.824. The van der Waals surface area contributed by atoms with Crippen molar-refractivity contribution in [3.05, 3.63) is 11.6 Å². The standard InChI is InChI=1S/C17H24F3NO5S/c1-15(2,3)10-9-11(22)21(27(24,25)17(18,19)20)13-12(10)26-14(23)16(13)7-5-4-6-8-16/h9,11-13,22H,4-8H2,1-3H3/t11-,12+,13-/m1/s1. The second-order valence-electron chi connectivity index (χ2n) is 8.55. The van der Waals surface area contributed by atoms with Crippen LogP contribution in [-0.4, -0.2) is 47.7 Å². The van der Waals surface area contributed by atoms with Crippen molar-refractivity contribution in [3.63, 3.8) is 0 Å². The van der Waals surface area contributed by atoms with Crippen LogP contribution in [0, 0.1) is 10.8 Å². The number of halogens is 3. The Morgan fingerprint density at radius 2 is 1.74 bits per heavy atom. The van der Waals surface area contributed by atoms with Crippen molar-refractivity contribution in [2.75, 3.05) is 0 Å². The summed E-state index contributed by atoms with van der Waals surface area (Å²) in [7, 11) is -5.86. The molecule has 3 atom stereocenters. The third-order valence-corrected chi connectivity index (χ3v) is 7.43. The Kier molecular flexibility index (Phi) is 4.72. The van der Waals surface area contributed by atoms with Crippen LogP contribution in [-0.2, 0) is 19.6 Å². The molecule has 3 rings (SSSR count). The summed E-state index contributed by atoms with van der Waals surface area (Å²) in [6.07, 6.45) is 0.368. The summed E-state index contributed by atoms with van der Waals surface area (Å²) < 4.78 is 70.2. The fourth-order valence-corrected chi connectivity index (χ4v) is 5.78. The Hall–Kier alpha value is -1.13. The number of nitrogens with zero attached hydrogens (tertiary/aromatic N) is 1. The molecule has 1 saturated heterocycles. The lowest BCUT2D eigenvalue weighted by Crippen LogP contribution is -2.62. The first-order valence-corrected chi connectivity index (χ1v) is 10.4. The Labute approximate surface area is 156 Å². The van der Waals surface area contributed by atoms with Gasteiger partial charge in [0.25, 0.3) is 0 Å². The molecular weight excluding hydrogens is 387 g/mol. The van der Waals surface area contributed by atoms with Gasteiger partial charge in [0.1, 0.15) is 12.3 Å². The first-order valence-electron chi connectivity index (χ1n) is 8.95. The lowest BCUT2D eigenvalue weighted by Gasteiger charge is -2.46. The average Bonchev–Trinajstić information content (AvgIpc) is 2.78. The minimum Gasteiger partial charge on any atom is -0.456 e. The molecule has 0 unspecified atom stereocenters. The molecule has 10 heteroatoms. The van der Waals surface area contributed by atoms with Crippen LogP contribution in [0.4, 0.5) is 13.2 Å². The predicted molar refractivity (Wildman–Crippen MR) is 89.5 cm³/mol. The summed E-state index contributed by atoms with van der Waals surface area (Å²) in [5.74, 6) is -0.677. The number of alkyl halides is 3. The zero-order chi connectivity index (χ0) is 20.4. The molecule has 27 heavy (non-hydrogen) atoms. The molecule has 154 valence electrons. The molecule has 6 nitrogen and oxygen atoms in total. The number of carbonyl (C=O) groups excluding carboxylic acids is 1. The summed E-state index contributed by atoms with van der Waals surface area (Å²) in [5, 5.41) is 10.5. The SMILES string of the molecule is CC(C)(C)C1=C[C@@H](O)N(S(=O)(=O)C(F)(F)F)[C@@H]2[C@H]1OC(=O)C21CCCCC1. The largest absolute Gasteiger partial charge is 0.511 e. The van der Waals surface area contributed by atoms with Gasteiger partial charge in [-0.3, -0.25) is 4.79 Å². The first-order chi connectivity index (χ1) is 12.2. The van der Waals surface area contributed by atoms with E-state index in [4.69, 9.17) is 4.74 Å². The van der Waals surface area contributed by atoms with Gasteiger partial charge in [-0.05, 0) is 29.9 Å². The molecule has 0 radical (unpaired) electrons. The van der Waals surface area contributed by atoms with Gasteiger partial charge in [-0.25, -0.2) is 8.42 Å². The maximum absolute atomic E-state index is 13.3. The third kappa shape index (κ3) is 3.00. The number of aliphatic hydroxyl groups excluding tert-OH is 1. The Morgan fingerprint density at radius 1 is 1.19 bits per heavy atom. The second-order valence-corrected chi connectivity index (χ2v) is 10.4. The van der Waals surface area contributed by atoms with Gasteiger partial charge >= 0.3 is 21.5 Å². The number of aliphatic hydroxyl groups is 1. The van der Waals surface area contributed by atoms with E-state index in [9.17, 15) is 31.5 Å². The number of rotatable bonds is 1. The molecule has 1 N–H and O–H groups in total. The second kappa shape index (κ2) is 6.18. The molecule has 0 aromatic heterocycles. The average molecular weight is 411 g/mol. The van der Waals surface area contributed by atoms with Crippen molar-refractivity contribution in [2.24, 2.45) is 10.8 Å². The zero-order valence-electron chi connectivity index (χ0n) is 15.4. The van der Waals surface area contributed by atoms with Gasteiger partial charge in [0.05, 0.1) is 11.5 Å². The van der Waals surface area contributed by atoms with Crippen LogP contribution in [0.1, 0.15) is 52.9 Å². The molecule has 3 aliphatic rings. The molecule has 1 aliphatic carbocycles. The van der Waals surface area contributed by atoms with E-state index in [1.807, 2.05) is 0 Å². The van der Waals surface area contributed by atoms with Gasteiger partial charge in [0, 0.05) is 0 Å². The number of sulfonamides is 1. The molecule has 1 spiro atoms. The highest BCUT2D eigenvalue weighted by atomic mass is 32.2. The fourth-order valence-electron chi connectivity index (χ4n) is 4.58. The molecule has 0 aromatic rings. The van der Waals surface area contributed by atoms with Crippen molar-refractivity contribution in [2.45, 2.75) is 76.8 Å². The predicted octanol–water partition coefficient (Wildman–Crippen LogP) is 2.69. The number of fused-ring (bicyclic) bond motifs is 2. The van der Waals surface area contributed by atoms with Crippen molar-refractivity contribution in [3.8, 4) is 0 Å². The quantitative estimate of drug-likeness (QED) is 0.530. The lowest BCUT2D eigenvalue weighted by molar-refractivity contribution is -0.149. The Morgan fingerprint density at radius 3 is 2.22 bits per heavy atom. The molecule has 1 saturated carbocycles. The van der Waals surface area contributed by atoms with Crippen LogP contribution >= 0.6 is 0 Å². The highest BCUT2D eigenvalue weighted by Crippen LogP contribution is 2.55. The molecule has 2 fully saturated rings. The van der Waals surface area contributed by atoms with Gasteiger partial charge in [-0.1, -0.05) is 40.0 Å². The van der Waals surface area contributed by atoms with Crippen molar-refractivity contribution in [1.82, 2.24) is 4.31 Å². The minimum atomic E-state index is -5.86. The summed E-state index contributed by atoms with van der Waals surface area (Å²) in [6.45, 7) is 5.32. The summed E-state index contributed by atoms with van der Waals surface area (Å²) in [4.78, 5) is 12.8. The van der Waals surface area contributed by atoms with Crippen LogP contribution in [0.3, 0.4) is 0 Å². The van der Waals surface area contributed by atoms with E-state index in [1.54, 1.807) is 20.8 Å². The van der Waals surface area contributed by atoms with Crippen LogP contribution in [0.5, 0.6) is 0 Å². The maximum atomic E-state index is 13.3. The first kappa shape index (κ1) is 20.6. The zero-order valence-corrected chi connectivity index (χ0v) is 16.2. The third-order valence-electron chi connectivity index (χ3n) is 5.85. The van der Waals surface area contributed by atoms with E-state index < -0.39 is 50.7 Å². The molecule has 0 aromatic carbocycles. The molecule has 0 amide bonds. The van der Waals surface area contributed by atoms with Gasteiger partial charge < -0.3 is 9.84 Å². The summed E-state index contributed by atoms with van der Waals surface area (Å²) in [5.41, 5.74) is -7.15. The van der Waals surface area contributed by atoms with Crippen LogP contribution < -0.4 is 0 Å². The number of esters is 1. The van der Waals surface area contributed by atoms with E-state index in [0.717, 1.165) is 12.5 Å². The summed E-state index contributed by atoms with van der Waals surface area (Å²) in [6, 6.07) is -1.41. The number of hydrogen-bond donors (Lipinski definition) is 1. The number of carbonyl (C=O) groups is 1. The summed E-state index contributed by atoms with van der Waals surface area (Å²) >= 11 is 0. The number of hydrogen-bond acceptors (Lipinski definition) is 5. The molecule has 2 aliphatic heterocycles. The Balaban J connectivity index is 2.22. The highest BCUT2D eigenvalue weighted by Gasteiger charge is 2.68. The minimum absolute atomic E-state index is 0.0587. The lowest BCUT2D eigenvalue weighted by atomic mass is 9.66. The van der Waals surface area contributed by atoms with Crippen molar-refractivity contribution < 1.29 is 36.2 Å². The maximum Gasteiger partial charge on any atom is 0.511 e. The van der Waals surface area contributed by atoms with E-state index in [-0.39, 0.29) is 17.1 Å². The van der Waals surface area contributed by atoms with Crippen LogP contribution in [0.15, 0.2) is 11.6 Å². The van der Waals surface area contributed by atoms with Crippen LogP contribution in [0.25, 0.3) is 0 Å². The molecular formula is C17H24F3NO5S. The highest BCUT2D eigenvalue weighted by molar-refractivity contribution is 7.90. The normalized spacial score (nSPS) is 32.2. The van der Waals surface area contributed by atoms with E-state index >= 15 is 0 Å². The van der Waals surface area contributed by atoms with Crippen molar-refractivity contribution in [1.29, 1.82) is 0 Å². The van der Waals surface area contributed by atoms with Crippen molar-refractivity contribution >= 4 is 16.0 Å². The molecule has 0 bridgehead atoms. The van der Waals surface area contributed by atoms with E-state index in [0.29, 0.717) is 18.4 Å². The van der Waals surface area contributed by atoms with Gasteiger partial charge in [0.2, 0.25) is 0 Å². The Bertz CT molecular complexity index is 762.